The number of aryl methyl sites for hydroxylation is 2. The van der Waals surface area contributed by atoms with Crippen LogP contribution in [-0.2, 0) is 6.54 Å². The first-order valence-corrected chi connectivity index (χ1v) is 9.20. The quantitative estimate of drug-likeness (QED) is 0.524. The van der Waals surface area contributed by atoms with E-state index in [2.05, 4.69) is 20.6 Å². The molecule has 0 atom stereocenters. The second kappa shape index (κ2) is 7.78. The molecule has 0 aliphatic heterocycles. The van der Waals surface area contributed by atoms with Gasteiger partial charge in [0.15, 0.2) is 11.5 Å². The molecule has 0 aliphatic carbocycles. The first-order chi connectivity index (χ1) is 14.4. The van der Waals surface area contributed by atoms with Gasteiger partial charge in [-0.3, -0.25) is 4.79 Å². The van der Waals surface area contributed by atoms with E-state index in [1.165, 1.54) is 28.9 Å². The van der Waals surface area contributed by atoms with Crippen LogP contribution < -0.4 is 11.1 Å². The molecule has 0 bridgehead atoms. The van der Waals surface area contributed by atoms with E-state index in [0.717, 1.165) is 11.1 Å². The smallest absolute Gasteiger partial charge is 0.280 e. The van der Waals surface area contributed by atoms with Crippen LogP contribution >= 0.6 is 0 Å². The van der Waals surface area contributed by atoms with Gasteiger partial charge in [-0.1, -0.05) is 22.9 Å². The van der Waals surface area contributed by atoms with E-state index in [9.17, 15) is 9.18 Å². The predicted molar refractivity (Wildman–Crippen MR) is 109 cm³/mol. The molecule has 0 unspecified atom stereocenters. The average molecular weight is 406 g/mol. The van der Waals surface area contributed by atoms with Crippen LogP contribution in [0.25, 0.3) is 11.5 Å². The Labute approximate surface area is 171 Å². The number of anilines is 2. The maximum absolute atomic E-state index is 13.0. The molecule has 9 heteroatoms. The van der Waals surface area contributed by atoms with Crippen molar-refractivity contribution in [2.75, 3.05) is 11.1 Å². The number of benzene rings is 2. The van der Waals surface area contributed by atoms with Crippen molar-refractivity contribution in [3.8, 4) is 11.5 Å². The summed E-state index contributed by atoms with van der Waals surface area (Å²) in [6.45, 7) is 4.00. The number of nitrogens with zero attached hydrogens (tertiary/aromatic N) is 4. The summed E-state index contributed by atoms with van der Waals surface area (Å²) < 4.78 is 20.2. The second-order valence-electron chi connectivity index (χ2n) is 6.83. The van der Waals surface area contributed by atoms with Crippen LogP contribution in [0.5, 0.6) is 0 Å². The summed E-state index contributed by atoms with van der Waals surface area (Å²) in [5.41, 5.74) is 9.07. The van der Waals surface area contributed by atoms with Gasteiger partial charge in [0, 0.05) is 11.3 Å². The van der Waals surface area contributed by atoms with E-state index >= 15 is 0 Å². The lowest BCUT2D eigenvalue weighted by atomic mass is 10.1. The fourth-order valence-electron chi connectivity index (χ4n) is 2.94. The Kier molecular flexibility index (Phi) is 5.01. The molecular weight excluding hydrogens is 387 g/mol. The highest BCUT2D eigenvalue weighted by Gasteiger charge is 2.20. The van der Waals surface area contributed by atoms with Crippen LogP contribution in [0.3, 0.4) is 0 Å². The minimum Gasteiger partial charge on any atom is -0.441 e. The van der Waals surface area contributed by atoms with Crippen molar-refractivity contribution in [2.45, 2.75) is 20.4 Å². The molecule has 0 aliphatic rings. The van der Waals surface area contributed by atoms with Gasteiger partial charge in [0.2, 0.25) is 5.89 Å². The van der Waals surface area contributed by atoms with Crippen LogP contribution in [0.15, 0.2) is 52.9 Å². The molecule has 1 amide bonds. The Morgan fingerprint density at radius 2 is 1.97 bits per heavy atom. The number of amides is 1. The van der Waals surface area contributed by atoms with Gasteiger partial charge >= 0.3 is 0 Å². The third kappa shape index (κ3) is 3.90. The van der Waals surface area contributed by atoms with Crippen molar-refractivity contribution in [1.82, 2.24) is 20.0 Å². The zero-order valence-corrected chi connectivity index (χ0v) is 16.4. The Morgan fingerprint density at radius 1 is 1.20 bits per heavy atom. The lowest BCUT2D eigenvalue weighted by Crippen LogP contribution is -2.15. The molecule has 0 saturated carbocycles. The van der Waals surface area contributed by atoms with E-state index in [1.807, 2.05) is 31.2 Å². The first kappa shape index (κ1) is 19.3. The number of rotatable bonds is 5. The number of aromatic nitrogens is 4. The van der Waals surface area contributed by atoms with Crippen molar-refractivity contribution in [1.29, 1.82) is 0 Å². The second-order valence-corrected chi connectivity index (χ2v) is 6.83. The number of hydrogen-bond donors (Lipinski definition) is 2. The molecule has 0 spiro atoms. The van der Waals surface area contributed by atoms with Gasteiger partial charge in [0.1, 0.15) is 17.3 Å². The van der Waals surface area contributed by atoms with Crippen molar-refractivity contribution >= 4 is 17.4 Å². The van der Waals surface area contributed by atoms with Crippen molar-refractivity contribution in [3.63, 3.8) is 0 Å². The highest BCUT2D eigenvalue weighted by atomic mass is 19.1. The predicted octanol–water partition coefficient (Wildman–Crippen LogP) is 3.57. The molecule has 30 heavy (non-hydrogen) atoms. The van der Waals surface area contributed by atoms with Crippen LogP contribution in [0.4, 0.5) is 15.9 Å². The molecular formula is C21H19FN6O2. The zero-order chi connectivity index (χ0) is 21.3. The van der Waals surface area contributed by atoms with Gasteiger partial charge in [0.25, 0.3) is 5.91 Å². The number of oxazole rings is 1. The Hall–Kier alpha value is -4.01. The molecule has 2 heterocycles. The molecule has 0 fully saturated rings. The van der Waals surface area contributed by atoms with Gasteiger partial charge in [-0.25, -0.2) is 14.1 Å². The van der Waals surface area contributed by atoms with E-state index in [0.29, 0.717) is 23.0 Å². The van der Waals surface area contributed by atoms with Gasteiger partial charge < -0.3 is 15.5 Å². The standard InChI is InChI=1S/C21H19FN6O2/c1-12-4-3-5-14(10-12)21-25-17(13(2)30-21)11-28-19(23)18(26-27-28)20(29)24-16-8-6-15(22)7-9-16/h3-10H,11,23H2,1-2H3,(H,24,29). The minimum absolute atomic E-state index is 0.0284. The molecule has 8 nitrogen and oxygen atoms in total. The fourth-order valence-corrected chi connectivity index (χ4v) is 2.94. The average Bonchev–Trinajstić information content (AvgIpc) is 3.27. The topological polar surface area (TPSA) is 112 Å². The van der Waals surface area contributed by atoms with Gasteiger partial charge in [-0.05, 0) is 50.2 Å². The summed E-state index contributed by atoms with van der Waals surface area (Å²) in [4.78, 5) is 17.0. The van der Waals surface area contributed by atoms with Crippen molar-refractivity contribution in [3.05, 3.63) is 77.1 Å². The summed E-state index contributed by atoms with van der Waals surface area (Å²) in [5.74, 6) is 0.279. The maximum atomic E-state index is 13.0. The number of nitrogens with two attached hydrogens (primary N) is 1. The Balaban J connectivity index is 1.53. The highest BCUT2D eigenvalue weighted by molar-refractivity contribution is 6.05. The molecule has 4 rings (SSSR count). The van der Waals surface area contributed by atoms with Gasteiger partial charge in [-0.2, -0.15) is 0 Å². The van der Waals surface area contributed by atoms with Crippen LogP contribution in [0.1, 0.15) is 27.5 Å². The third-order valence-corrected chi connectivity index (χ3v) is 4.55. The van der Waals surface area contributed by atoms with E-state index in [1.54, 1.807) is 6.92 Å². The summed E-state index contributed by atoms with van der Waals surface area (Å²) in [6, 6.07) is 13.2. The van der Waals surface area contributed by atoms with Gasteiger partial charge in [0.05, 0.1) is 6.54 Å². The van der Waals surface area contributed by atoms with Crippen LogP contribution in [0.2, 0.25) is 0 Å². The lowest BCUT2D eigenvalue weighted by molar-refractivity contribution is 0.102. The van der Waals surface area contributed by atoms with E-state index < -0.39 is 11.7 Å². The largest absolute Gasteiger partial charge is 0.441 e. The highest BCUT2D eigenvalue weighted by Crippen LogP contribution is 2.23. The lowest BCUT2D eigenvalue weighted by Gasteiger charge is -2.04. The SMILES string of the molecule is Cc1cccc(-c2nc(Cn3nnc(C(=O)Nc4ccc(F)cc4)c3N)c(C)o2)c1. The molecule has 2 aromatic carbocycles. The number of carbonyl (C=O) groups excluding carboxylic acids is 1. The number of carbonyl (C=O) groups is 1. The summed E-state index contributed by atoms with van der Waals surface area (Å²) in [6.07, 6.45) is 0. The van der Waals surface area contributed by atoms with Crippen molar-refractivity contribution in [2.24, 2.45) is 0 Å². The number of hydrogen-bond acceptors (Lipinski definition) is 6. The normalized spacial score (nSPS) is 10.9. The summed E-state index contributed by atoms with van der Waals surface area (Å²) >= 11 is 0. The number of halogens is 1. The first-order valence-electron chi connectivity index (χ1n) is 9.20. The van der Waals surface area contributed by atoms with E-state index in [4.69, 9.17) is 10.2 Å². The van der Waals surface area contributed by atoms with E-state index in [-0.39, 0.29) is 18.1 Å². The van der Waals surface area contributed by atoms with Gasteiger partial charge in [-0.15, -0.1) is 5.10 Å². The minimum atomic E-state index is -0.539. The summed E-state index contributed by atoms with van der Waals surface area (Å²) in [5, 5.41) is 10.4. The molecule has 2 aromatic heterocycles. The van der Waals surface area contributed by atoms with Crippen molar-refractivity contribution < 1.29 is 13.6 Å². The number of nitrogens with one attached hydrogen (secondary N) is 1. The van der Waals surface area contributed by atoms with Crippen LogP contribution in [0, 0.1) is 19.7 Å². The monoisotopic (exact) mass is 406 g/mol. The maximum Gasteiger partial charge on any atom is 0.280 e. The molecule has 3 N–H and O–H groups in total. The zero-order valence-electron chi connectivity index (χ0n) is 16.4. The molecule has 152 valence electrons. The molecule has 4 aromatic rings. The summed E-state index contributed by atoms with van der Waals surface area (Å²) in [7, 11) is 0. The fraction of sp³-hybridized carbons (Fsp3) is 0.143. The Bertz CT molecular complexity index is 1210. The van der Waals surface area contributed by atoms with Crippen LogP contribution in [-0.4, -0.2) is 25.9 Å². The molecule has 0 radical (unpaired) electrons. The molecule has 0 saturated heterocycles. The number of nitrogen functional groups attached to an aromatic ring is 1. The third-order valence-electron chi connectivity index (χ3n) is 4.55. The Morgan fingerprint density at radius 3 is 2.70 bits per heavy atom.